The van der Waals surface area contributed by atoms with E-state index in [4.69, 9.17) is 9.73 Å². The normalized spacial score (nSPS) is 23.5. The number of guanidine groups is 1. The minimum atomic E-state index is -0.193. The minimum absolute atomic E-state index is 0.0547. The Hall–Kier alpha value is -3.35. The summed E-state index contributed by atoms with van der Waals surface area (Å²) in [5.74, 6) is 1.05. The lowest BCUT2D eigenvalue weighted by Gasteiger charge is -2.53. The zero-order valence-corrected chi connectivity index (χ0v) is 18.8. The highest BCUT2D eigenvalue weighted by atomic mass is 16.6. The molecule has 4 bridgehead atoms. The lowest BCUT2D eigenvalue weighted by atomic mass is 9.77. The van der Waals surface area contributed by atoms with Crippen LogP contribution in [-0.4, -0.2) is 63.5 Å². The molecule has 1 aromatic heterocycles. The van der Waals surface area contributed by atoms with Crippen LogP contribution in [0.1, 0.15) is 38.2 Å². The fraction of sp³-hybridized carbons (Fsp3) is 0.423. The Kier molecular flexibility index (Phi) is 3.82. The molecular formula is C26H27N5O2. The molecule has 6 aliphatic rings. The first-order valence-electron chi connectivity index (χ1n) is 12.0. The number of fused-ring (bicyclic) bond motifs is 2. The van der Waals surface area contributed by atoms with Gasteiger partial charge in [-0.1, -0.05) is 12.1 Å². The Morgan fingerprint density at radius 3 is 2.79 bits per heavy atom. The van der Waals surface area contributed by atoms with Gasteiger partial charge < -0.3 is 19.4 Å². The molecule has 2 saturated heterocycles. The van der Waals surface area contributed by atoms with Gasteiger partial charge in [0.15, 0.2) is 0 Å². The molecule has 1 spiro atoms. The predicted octanol–water partition coefficient (Wildman–Crippen LogP) is 3.98. The predicted molar refractivity (Wildman–Crippen MR) is 125 cm³/mol. The summed E-state index contributed by atoms with van der Waals surface area (Å²) in [5.41, 5.74) is 5.15. The lowest BCUT2D eigenvalue weighted by Crippen LogP contribution is -2.63. The monoisotopic (exact) mass is 441 g/mol. The summed E-state index contributed by atoms with van der Waals surface area (Å²) in [6.45, 7) is 4.61. The summed E-state index contributed by atoms with van der Waals surface area (Å²) in [4.78, 5) is 28.3. The van der Waals surface area contributed by atoms with E-state index in [0.717, 1.165) is 43.7 Å². The van der Waals surface area contributed by atoms with Gasteiger partial charge in [0.05, 0.1) is 24.2 Å². The highest BCUT2D eigenvalue weighted by Crippen LogP contribution is 2.59. The maximum atomic E-state index is 12.3. The van der Waals surface area contributed by atoms with Gasteiger partial charge in [-0.25, -0.2) is 9.79 Å². The van der Waals surface area contributed by atoms with Gasteiger partial charge in [0, 0.05) is 48.2 Å². The first kappa shape index (κ1) is 19.1. The van der Waals surface area contributed by atoms with Crippen LogP contribution in [0.25, 0.3) is 10.9 Å². The van der Waals surface area contributed by atoms with Crippen LogP contribution in [0.4, 0.5) is 4.79 Å². The number of nitrogens with zero attached hydrogens (tertiary/aromatic N) is 5. The maximum Gasteiger partial charge on any atom is 0.409 e. The van der Waals surface area contributed by atoms with Crippen LogP contribution in [0.15, 0.2) is 65.2 Å². The van der Waals surface area contributed by atoms with Crippen LogP contribution in [0.5, 0.6) is 0 Å². The summed E-state index contributed by atoms with van der Waals surface area (Å²) in [5, 5.41) is 1.20. The van der Waals surface area contributed by atoms with Crippen molar-refractivity contribution in [3.8, 4) is 0 Å². The lowest BCUT2D eigenvalue weighted by molar-refractivity contribution is 0.0700. The Morgan fingerprint density at radius 1 is 1.15 bits per heavy atom. The smallest absolute Gasteiger partial charge is 0.409 e. The number of benzene rings is 1. The average molecular weight is 442 g/mol. The summed E-state index contributed by atoms with van der Waals surface area (Å²) in [7, 11) is 0. The second-order valence-corrected chi connectivity index (χ2v) is 9.76. The van der Waals surface area contributed by atoms with Gasteiger partial charge in [0.25, 0.3) is 0 Å². The van der Waals surface area contributed by atoms with Crippen molar-refractivity contribution < 1.29 is 9.53 Å². The number of allylic oxidation sites excluding steroid dienone is 1. The SMILES string of the molecule is CCOC(=O)N1CCC2(CC1)C1=CN=C3N(C1)C(C1(c4ccc5ncccc5c4)CC1)=CN32. The average Bonchev–Trinajstić information content (AvgIpc) is 3.59. The van der Waals surface area contributed by atoms with E-state index in [9.17, 15) is 4.79 Å². The number of rotatable bonds is 3. The quantitative estimate of drug-likeness (QED) is 0.721. The number of likely N-dealkylation sites (tertiary alicyclic amines) is 1. The number of carbonyl (C=O) groups is 1. The number of pyridine rings is 1. The molecule has 168 valence electrons. The number of ether oxygens (including phenoxy) is 1. The molecule has 1 amide bonds. The number of hydrogen-bond donors (Lipinski definition) is 0. The molecule has 1 aromatic carbocycles. The molecule has 8 rings (SSSR count). The van der Waals surface area contributed by atoms with E-state index in [-0.39, 0.29) is 17.0 Å². The van der Waals surface area contributed by atoms with Crippen molar-refractivity contribution in [1.29, 1.82) is 0 Å². The highest BCUT2D eigenvalue weighted by Gasteiger charge is 2.60. The van der Waals surface area contributed by atoms with Crippen molar-refractivity contribution in [3.63, 3.8) is 0 Å². The van der Waals surface area contributed by atoms with E-state index < -0.39 is 0 Å². The van der Waals surface area contributed by atoms with E-state index in [0.29, 0.717) is 19.7 Å². The van der Waals surface area contributed by atoms with Crippen LogP contribution in [-0.2, 0) is 10.2 Å². The van der Waals surface area contributed by atoms with Gasteiger partial charge in [-0.05, 0) is 61.9 Å². The van der Waals surface area contributed by atoms with E-state index in [1.54, 1.807) is 0 Å². The summed E-state index contributed by atoms with van der Waals surface area (Å²) in [6.07, 6.45) is 10.2. The molecule has 5 aliphatic heterocycles. The third-order valence-corrected chi connectivity index (χ3v) is 8.23. The number of carbonyl (C=O) groups excluding carboxylic acids is 1. The second-order valence-electron chi connectivity index (χ2n) is 9.76. The molecule has 6 heterocycles. The van der Waals surface area contributed by atoms with Crippen LogP contribution in [0.2, 0.25) is 0 Å². The van der Waals surface area contributed by atoms with Gasteiger partial charge >= 0.3 is 6.09 Å². The molecule has 0 atom stereocenters. The van der Waals surface area contributed by atoms with Crippen molar-refractivity contribution in [2.24, 2.45) is 4.99 Å². The maximum absolute atomic E-state index is 12.3. The molecular weight excluding hydrogens is 414 g/mol. The van der Waals surface area contributed by atoms with Gasteiger partial charge in [0.1, 0.15) is 0 Å². The number of aliphatic imine (C=N–C) groups is 1. The van der Waals surface area contributed by atoms with Crippen molar-refractivity contribution >= 4 is 23.0 Å². The summed E-state index contributed by atoms with van der Waals surface area (Å²) in [6, 6.07) is 10.9. The van der Waals surface area contributed by atoms with Crippen LogP contribution < -0.4 is 0 Å². The van der Waals surface area contributed by atoms with Crippen LogP contribution in [0, 0.1) is 0 Å². The standard InChI is InChI=1S/C26H27N5O2/c1-2-33-24(32)29-12-9-26(10-13-29)20-15-28-23-30(16-20)22(17-31(23)26)25(7-8-25)19-5-6-21-18(14-19)4-3-11-27-21/h3-6,11,14-15,17H,2,7-10,12-13,16H2,1H3. The summed E-state index contributed by atoms with van der Waals surface area (Å²) >= 11 is 0. The van der Waals surface area contributed by atoms with Gasteiger partial charge in [-0.15, -0.1) is 0 Å². The van der Waals surface area contributed by atoms with E-state index in [1.165, 1.54) is 22.2 Å². The Bertz CT molecular complexity index is 1270. The van der Waals surface area contributed by atoms with Gasteiger partial charge in [-0.3, -0.25) is 4.98 Å². The Labute approximate surface area is 193 Å². The molecule has 0 radical (unpaired) electrons. The second kappa shape index (κ2) is 6.59. The zero-order chi connectivity index (χ0) is 22.2. The van der Waals surface area contributed by atoms with Crippen LogP contribution >= 0.6 is 0 Å². The number of amides is 1. The number of piperidine rings is 1. The summed E-state index contributed by atoms with van der Waals surface area (Å²) < 4.78 is 5.24. The van der Waals surface area contributed by atoms with Crippen molar-refractivity contribution in [2.75, 3.05) is 26.2 Å². The highest BCUT2D eigenvalue weighted by molar-refractivity contribution is 5.92. The van der Waals surface area contributed by atoms with E-state index in [2.05, 4.69) is 51.4 Å². The molecule has 33 heavy (non-hydrogen) atoms. The van der Waals surface area contributed by atoms with E-state index >= 15 is 0 Å². The first-order chi connectivity index (χ1) is 16.1. The molecule has 0 N–H and O–H groups in total. The van der Waals surface area contributed by atoms with Crippen molar-refractivity contribution in [3.05, 3.63) is 65.8 Å². The van der Waals surface area contributed by atoms with Crippen molar-refractivity contribution in [2.45, 2.75) is 43.6 Å². The molecule has 3 fully saturated rings. The molecule has 2 aromatic rings. The zero-order valence-electron chi connectivity index (χ0n) is 18.8. The fourth-order valence-electron chi connectivity index (χ4n) is 6.27. The Balaban J connectivity index is 1.22. The fourth-order valence-corrected chi connectivity index (χ4v) is 6.27. The van der Waals surface area contributed by atoms with Crippen molar-refractivity contribution in [1.82, 2.24) is 19.7 Å². The Morgan fingerprint density at radius 2 is 2.00 bits per heavy atom. The third kappa shape index (κ3) is 2.53. The van der Waals surface area contributed by atoms with Gasteiger partial charge in [0.2, 0.25) is 5.96 Å². The largest absolute Gasteiger partial charge is 0.450 e. The number of aromatic nitrogens is 1. The molecule has 1 saturated carbocycles. The third-order valence-electron chi connectivity index (χ3n) is 8.23. The molecule has 1 aliphatic carbocycles. The molecule has 0 unspecified atom stereocenters. The van der Waals surface area contributed by atoms with E-state index in [1.807, 2.05) is 24.1 Å². The molecule has 7 nitrogen and oxygen atoms in total. The van der Waals surface area contributed by atoms with Crippen LogP contribution in [0.3, 0.4) is 0 Å². The topological polar surface area (TPSA) is 61.3 Å². The van der Waals surface area contributed by atoms with Gasteiger partial charge in [-0.2, -0.15) is 0 Å². The number of hydrogen-bond acceptors (Lipinski definition) is 6. The first-order valence-corrected chi connectivity index (χ1v) is 12.0. The molecule has 7 heteroatoms. The minimum Gasteiger partial charge on any atom is -0.450 e.